The number of amides is 1. The first kappa shape index (κ1) is 17.4. The molecule has 0 aromatic carbocycles. The van der Waals surface area contributed by atoms with Gasteiger partial charge in [-0.05, 0) is 6.92 Å². The van der Waals surface area contributed by atoms with Crippen molar-refractivity contribution in [3.05, 3.63) is 12.7 Å². The van der Waals surface area contributed by atoms with Crippen LogP contribution in [0.1, 0.15) is 13.8 Å². The Hall–Kier alpha value is -1.01. The molecule has 94 valence electrons. The van der Waals surface area contributed by atoms with Gasteiger partial charge in [-0.15, -0.1) is 6.58 Å². The first-order chi connectivity index (χ1) is 7.36. The molecule has 0 aromatic rings. The summed E-state index contributed by atoms with van der Waals surface area (Å²) >= 11 is 3.88. The minimum atomic E-state index is -1.01. The SMILES string of the molecule is C=CC(O)C(C)C(=O)O.CC(=O)NCCS. The maximum absolute atomic E-state index is 10.1. The number of carbonyl (C=O) groups excluding carboxylic acids is 1. The number of hydrogen-bond donors (Lipinski definition) is 4. The maximum Gasteiger partial charge on any atom is 0.309 e. The Labute approximate surface area is 101 Å². The number of nitrogens with one attached hydrogen (secondary N) is 1. The third-order valence-electron chi connectivity index (χ3n) is 1.63. The molecule has 0 saturated carbocycles. The molecule has 0 aromatic heterocycles. The zero-order valence-electron chi connectivity index (χ0n) is 9.51. The van der Waals surface area contributed by atoms with Gasteiger partial charge in [0.25, 0.3) is 0 Å². The average Bonchev–Trinajstić information content (AvgIpc) is 2.24. The highest BCUT2D eigenvalue weighted by molar-refractivity contribution is 7.80. The van der Waals surface area contributed by atoms with Crippen LogP contribution >= 0.6 is 12.6 Å². The second-order valence-electron chi connectivity index (χ2n) is 3.06. The molecule has 0 radical (unpaired) electrons. The Bertz CT molecular complexity index is 233. The maximum atomic E-state index is 10.1. The number of thiol groups is 1. The summed E-state index contributed by atoms with van der Waals surface area (Å²) in [5.74, 6) is -1.06. The van der Waals surface area contributed by atoms with Gasteiger partial charge in [0, 0.05) is 19.2 Å². The van der Waals surface area contributed by atoms with Crippen LogP contribution in [0.4, 0.5) is 0 Å². The number of aliphatic hydroxyl groups excluding tert-OH is 1. The Morgan fingerprint density at radius 1 is 1.56 bits per heavy atom. The van der Waals surface area contributed by atoms with Gasteiger partial charge in [0.05, 0.1) is 12.0 Å². The molecule has 0 heterocycles. The Morgan fingerprint density at radius 2 is 2.06 bits per heavy atom. The summed E-state index contributed by atoms with van der Waals surface area (Å²) in [4.78, 5) is 20.1. The van der Waals surface area contributed by atoms with Crippen molar-refractivity contribution in [1.29, 1.82) is 0 Å². The van der Waals surface area contributed by atoms with Crippen LogP contribution in [-0.2, 0) is 9.59 Å². The van der Waals surface area contributed by atoms with Crippen molar-refractivity contribution in [2.24, 2.45) is 5.92 Å². The second-order valence-corrected chi connectivity index (χ2v) is 3.51. The topological polar surface area (TPSA) is 86.6 Å². The first-order valence-electron chi connectivity index (χ1n) is 4.75. The molecule has 0 aliphatic heterocycles. The number of rotatable bonds is 5. The number of hydrogen-bond acceptors (Lipinski definition) is 4. The van der Waals surface area contributed by atoms with Crippen molar-refractivity contribution >= 4 is 24.5 Å². The Balaban J connectivity index is 0. The fourth-order valence-corrected chi connectivity index (χ4v) is 0.694. The second kappa shape index (κ2) is 10.5. The first-order valence-corrected chi connectivity index (χ1v) is 5.38. The molecule has 0 bridgehead atoms. The van der Waals surface area contributed by atoms with Crippen molar-refractivity contribution in [2.45, 2.75) is 20.0 Å². The Morgan fingerprint density at radius 3 is 2.19 bits per heavy atom. The van der Waals surface area contributed by atoms with E-state index < -0.39 is 18.0 Å². The average molecular weight is 249 g/mol. The van der Waals surface area contributed by atoms with Gasteiger partial charge in [-0.3, -0.25) is 9.59 Å². The van der Waals surface area contributed by atoms with E-state index in [1.165, 1.54) is 19.9 Å². The number of aliphatic carboxylic acids is 1. The van der Waals surface area contributed by atoms with Crippen molar-refractivity contribution in [3.8, 4) is 0 Å². The third-order valence-corrected chi connectivity index (χ3v) is 1.85. The number of carboxylic acids is 1. The zero-order chi connectivity index (χ0) is 13.1. The van der Waals surface area contributed by atoms with Gasteiger partial charge in [0.2, 0.25) is 5.91 Å². The predicted molar refractivity (Wildman–Crippen MR) is 65.5 cm³/mol. The van der Waals surface area contributed by atoms with E-state index in [0.717, 1.165) is 0 Å². The fourth-order valence-electron chi connectivity index (χ4n) is 0.582. The van der Waals surface area contributed by atoms with Crippen molar-refractivity contribution in [3.63, 3.8) is 0 Å². The molecule has 6 heteroatoms. The number of carboxylic acid groups (broad SMARTS) is 1. The van der Waals surface area contributed by atoms with Gasteiger partial charge >= 0.3 is 5.97 Å². The van der Waals surface area contributed by atoms with E-state index in [1.807, 2.05) is 0 Å². The summed E-state index contributed by atoms with van der Waals surface area (Å²) in [5.41, 5.74) is 0. The molecule has 0 saturated heterocycles. The summed E-state index contributed by atoms with van der Waals surface area (Å²) in [6, 6.07) is 0. The van der Waals surface area contributed by atoms with Gasteiger partial charge < -0.3 is 15.5 Å². The lowest BCUT2D eigenvalue weighted by Gasteiger charge is -2.08. The zero-order valence-corrected chi connectivity index (χ0v) is 10.4. The highest BCUT2D eigenvalue weighted by Crippen LogP contribution is 2.02. The quantitative estimate of drug-likeness (QED) is 0.417. The molecule has 3 N–H and O–H groups in total. The number of aliphatic hydroxyl groups is 1. The molecule has 16 heavy (non-hydrogen) atoms. The van der Waals surface area contributed by atoms with E-state index in [1.54, 1.807) is 0 Å². The molecular weight excluding hydrogens is 230 g/mol. The lowest BCUT2D eigenvalue weighted by molar-refractivity contribution is -0.143. The fraction of sp³-hybridized carbons (Fsp3) is 0.600. The van der Waals surface area contributed by atoms with Crippen molar-refractivity contribution in [2.75, 3.05) is 12.3 Å². The molecule has 0 spiro atoms. The van der Waals surface area contributed by atoms with E-state index in [-0.39, 0.29) is 5.91 Å². The molecule has 0 aliphatic rings. The summed E-state index contributed by atoms with van der Waals surface area (Å²) in [6.07, 6.45) is 0.265. The van der Waals surface area contributed by atoms with Gasteiger partial charge in [-0.25, -0.2) is 0 Å². The van der Waals surface area contributed by atoms with Crippen LogP contribution in [0.3, 0.4) is 0 Å². The van der Waals surface area contributed by atoms with Gasteiger partial charge in [-0.2, -0.15) is 12.6 Å². The molecule has 2 atom stereocenters. The van der Waals surface area contributed by atoms with E-state index in [0.29, 0.717) is 12.3 Å². The summed E-state index contributed by atoms with van der Waals surface area (Å²) in [7, 11) is 0. The number of carbonyl (C=O) groups is 2. The minimum absolute atomic E-state index is 0.00838. The Kier molecular flexibility index (Phi) is 11.4. The van der Waals surface area contributed by atoms with Crippen molar-refractivity contribution < 1.29 is 19.8 Å². The van der Waals surface area contributed by atoms with Gasteiger partial charge in [0.15, 0.2) is 0 Å². The summed E-state index contributed by atoms with van der Waals surface area (Å²) < 4.78 is 0. The molecule has 1 amide bonds. The molecule has 5 nitrogen and oxygen atoms in total. The monoisotopic (exact) mass is 249 g/mol. The highest BCUT2D eigenvalue weighted by Gasteiger charge is 2.17. The largest absolute Gasteiger partial charge is 0.481 e. The van der Waals surface area contributed by atoms with Gasteiger partial charge in [0.1, 0.15) is 0 Å². The van der Waals surface area contributed by atoms with Crippen LogP contribution in [-0.4, -0.2) is 40.5 Å². The van der Waals surface area contributed by atoms with Crippen LogP contribution in [0.5, 0.6) is 0 Å². The third kappa shape index (κ3) is 11.1. The van der Waals surface area contributed by atoms with E-state index >= 15 is 0 Å². The van der Waals surface area contributed by atoms with Crippen molar-refractivity contribution in [1.82, 2.24) is 5.32 Å². The molecule has 0 fully saturated rings. The molecule has 0 aliphatic carbocycles. The highest BCUT2D eigenvalue weighted by atomic mass is 32.1. The van der Waals surface area contributed by atoms with Crippen LogP contribution in [0.2, 0.25) is 0 Å². The van der Waals surface area contributed by atoms with E-state index in [9.17, 15) is 9.59 Å². The van der Waals surface area contributed by atoms with Gasteiger partial charge in [-0.1, -0.05) is 6.08 Å². The lowest BCUT2D eigenvalue weighted by Crippen LogP contribution is -2.22. The van der Waals surface area contributed by atoms with E-state index in [4.69, 9.17) is 10.2 Å². The molecule has 0 rings (SSSR count). The molecular formula is C10H19NO4S. The normalized spacial score (nSPS) is 12.8. The minimum Gasteiger partial charge on any atom is -0.481 e. The smallest absolute Gasteiger partial charge is 0.309 e. The summed E-state index contributed by atoms with van der Waals surface area (Å²) in [6.45, 7) is 6.83. The van der Waals surface area contributed by atoms with Crippen LogP contribution in [0, 0.1) is 5.92 Å². The van der Waals surface area contributed by atoms with Crippen LogP contribution < -0.4 is 5.32 Å². The predicted octanol–water partition coefficient (Wildman–Crippen LogP) is 0.306. The van der Waals surface area contributed by atoms with E-state index in [2.05, 4.69) is 24.5 Å². The summed E-state index contributed by atoms with van der Waals surface area (Å²) in [5, 5.41) is 19.7. The lowest BCUT2D eigenvalue weighted by atomic mass is 10.1. The standard InChI is InChI=1S/C6H10O3.C4H9NOS/c1-3-5(7)4(2)6(8)9;1-4(6)5-2-3-7/h3-5,7H,1H2,2H3,(H,8,9);7H,2-3H2,1H3,(H,5,6). The van der Waals surface area contributed by atoms with Crippen LogP contribution in [0.25, 0.3) is 0 Å². The van der Waals surface area contributed by atoms with Crippen LogP contribution in [0.15, 0.2) is 12.7 Å². The molecule has 2 unspecified atom stereocenters.